The number of fused-ring (bicyclic) bond motifs is 1. The molecular weight excluding hydrogens is 358 g/mol. The summed E-state index contributed by atoms with van der Waals surface area (Å²) in [6.45, 7) is 0.934. The van der Waals surface area contributed by atoms with E-state index in [-0.39, 0.29) is 24.2 Å². The second-order valence-electron chi connectivity index (χ2n) is 5.81. The summed E-state index contributed by atoms with van der Waals surface area (Å²) in [6, 6.07) is 2.51. The first kappa shape index (κ1) is 17.9. The highest BCUT2D eigenvalue weighted by Crippen LogP contribution is 2.31. The SMILES string of the molecule is CSc1nc2c(c(=O)[nH]1)CN(Cc1cc(F)cc(C(F)(F)F)c1)CC2. The van der Waals surface area contributed by atoms with Crippen LogP contribution in [0.15, 0.2) is 28.2 Å². The van der Waals surface area contributed by atoms with Crippen molar-refractivity contribution < 1.29 is 17.6 Å². The lowest BCUT2D eigenvalue weighted by atomic mass is 10.0. The first-order valence-corrected chi connectivity index (χ1v) is 8.74. The molecule has 4 nitrogen and oxygen atoms in total. The van der Waals surface area contributed by atoms with Crippen molar-refractivity contribution in [1.29, 1.82) is 0 Å². The van der Waals surface area contributed by atoms with Crippen LogP contribution in [0.1, 0.15) is 22.4 Å². The molecule has 1 aliphatic heterocycles. The maximum Gasteiger partial charge on any atom is 0.416 e. The first-order valence-electron chi connectivity index (χ1n) is 7.51. The molecule has 0 fully saturated rings. The third kappa shape index (κ3) is 4.04. The van der Waals surface area contributed by atoms with E-state index in [1.165, 1.54) is 11.8 Å². The summed E-state index contributed by atoms with van der Waals surface area (Å²) in [7, 11) is 0. The number of alkyl halides is 3. The zero-order chi connectivity index (χ0) is 18.2. The molecule has 0 unspecified atom stereocenters. The van der Waals surface area contributed by atoms with Gasteiger partial charge in [-0.05, 0) is 30.0 Å². The maximum absolute atomic E-state index is 13.5. The van der Waals surface area contributed by atoms with E-state index >= 15 is 0 Å². The van der Waals surface area contributed by atoms with Crippen LogP contribution in [0, 0.1) is 5.82 Å². The van der Waals surface area contributed by atoms with Gasteiger partial charge >= 0.3 is 6.18 Å². The van der Waals surface area contributed by atoms with Crippen molar-refractivity contribution in [2.45, 2.75) is 30.8 Å². The fourth-order valence-corrected chi connectivity index (χ4v) is 3.25. The Morgan fingerprint density at radius 3 is 2.76 bits per heavy atom. The van der Waals surface area contributed by atoms with E-state index in [0.29, 0.717) is 35.4 Å². The van der Waals surface area contributed by atoms with Crippen molar-refractivity contribution in [3.63, 3.8) is 0 Å². The summed E-state index contributed by atoms with van der Waals surface area (Å²) in [4.78, 5) is 21.0. The Balaban J connectivity index is 1.82. The van der Waals surface area contributed by atoms with Gasteiger partial charge in [0.15, 0.2) is 5.16 Å². The van der Waals surface area contributed by atoms with E-state index in [2.05, 4.69) is 9.97 Å². The molecule has 1 aromatic heterocycles. The van der Waals surface area contributed by atoms with E-state index in [0.717, 1.165) is 12.1 Å². The predicted molar refractivity (Wildman–Crippen MR) is 85.9 cm³/mol. The lowest BCUT2D eigenvalue weighted by molar-refractivity contribution is -0.137. The molecule has 2 aromatic rings. The normalized spacial score (nSPS) is 15.2. The number of thioether (sulfide) groups is 1. The van der Waals surface area contributed by atoms with Crippen LogP contribution >= 0.6 is 11.8 Å². The molecule has 0 bridgehead atoms. The van der Waals surface area contributed by atoms with E-state index in [4.69, 9.17) is 0 Å². The summed E-state index contributed by atoms with van der Waals surface area (Å²) < 4.78 is 51.9. The molecule has 1 aliphatic rings. The number of nitrogens with one attached hydrogen (secondary N) is 1. The Kier molecular flexibility index (Phi) is 4.88. The average molecular weight is 373 g/mol. The minimum atomic E-state index is -4.60. The molecule has 0 saturated carbocycles. The van der Waals surface area contributed by atoms with Gasteiger partial charge in [0, 0.05) is 26.1 Å². The zero-order valence-electron chi connectivity index (χ0n) is 13.3. The zero-order valence-corrected chi connectivity index (χ0v) is 14.1. The fraction of sp³-hybridized carbons (Fsp3) is 0.375. The molecule has 2 heterocycles. The van der Waals surface area contributed by atoms with E-state index in [1.54, 1.807) is 0 Å². The molecule has 0 atom stereocenters. The van der Waals surface area contributed by atoms with Crippen molar-refractivity contribution in [2.75, 3.05) is 12.8 Å². The Hall–Kier alpha value is -1.87. The molecule has 1 N–H and O–H groups in total. The van der Waals surface area contributed by atoms with Gasteiger partial charge in [-0.25, -0.2) is 9.37 Å². The molecule has 0 spiro atoms. The minimum Gasteiger partial charge on any atom is -0.301 e. The topological polar surface area (TPSA) is 49.0 Å². The number of halogens is 4. The van der Waals surface area contributed by atoms with Crippen LogP contribution in [0.5, 0.6) is 0 Å². The van der Waals surface area contributed by atoms with Gasteiger partial charge in [-0.3, -0.25) is 9.69 Å². The maximum atomic E-state index is 13.5. The van der Waals surface area contributed by atoms with Crippen LogP contribution in [0.2, 0.25) is 0 Å². The van der Waals surface area contributed by atoms with Gasteiger partial charge in [0.2, 0.25) is 0 Å². The summed E-state index contributed by atoms with van der Waals surface area (Å²) in [5.41, 5.74) is 0.190. The molecule has 3 rings (SSSR count). The van der Waals surface area contributed by atoms with Gasteiger partial charge < -0.3 is 4.98 Å². The van der Waals surface area contributed by atoms with Crippen LogP contribution < -0.4 is 5.56 Å². The standard InChI is InChI=1S/C16H15F4N3OS/c1-25-15-21-13-2-3-23(8-12(13)14(24)22-15)7-9-4-10(16(18,19)20)6-11(17)5-9/h4-6H,2-3,7-8H2,1H3,(H,21,22,24). The number of nitrogens with zero attached hydrogens (tertiary/aromatic N) is 2. The van der Waals surface area contributed by atoms with Gasteiger partial charge in [0.1, 0.15) is 5.82 Å². The second-order valence-corrected chi connectivity index (χ2v) is 6.60. The largest absolute Gasteiger partial charge is 0.416 e. The van der Waals surface area contributed by atoms with E-state index in [1.807, 2.05) is 11.2 Å². The number of aromatic nitrogens is 2. The van der Waals surface area contributed by atoms with Crippen molar-refractivity contribution in [3.05, 3.63) is 56.8 Å². The number of H-pyrrole nitrogens is 1. The van der Waals surface area contributed by atoms with Gasteiger partial charge in [-0.2, -0.15) is 13.2 Å². The molecule has 0 radical (unpaired) electrons. The van der Waals surface area contributed by atoms with Crippen molar-refractivity contribution in [2.24, 2.45) is 0 Å². The third-order valence-corrected chi connectivity index (χ3v) is 4.59. The Morgan fingerprint density at radius 1 is 1.32 bits per heavy atom. The van der Waals surface area contributed by atoms with Gasteiger partial charge in [0.05, 0.1) is 16.8 Å². The van der Waals surface area contributed by atoms with Crippen molar-refractivity contribution in [3.8, 4) is 0 Å². The minimum absolute atomic E-state index is 0.129. The Bertz CT molecular complexity index is 850. The number of benzene rings is 1. The molecule has 9 heteroatoms. The Labute approximate surface area is 145 Å². The number of hydrogen-bond acceptors (Lipinski definition) is 4. The van der Waals surface area contributed by atoms with Crippen LogP contribution in [-0.4, -0.2) is 27.7 Å². The number of aromatic amines is 1. The highest BCUT2D eigenvalue weighted by atomic mass is 32.2. The van der Waals surface area contributed by atoms with E-state index < -0.39 is 17.6 Å². The molecule has 0 amide bonds. The summed E-state index contributed by atoms with van der Waals surface area (Å²) >= 11 is 1.34. The molecule has 0 saturated heterocycles. The van der Waals surface area contributed by atoms with Crippen LogP contribution in [0.4, 0.5) is 17.6 Å². The van der Waals surface area contributed by atoms with Crippen molar-refractivity contribution >= 4 is 11.8 Å². The monoisotopic (exact) mass is 373 g/mol. The highest BCUT2D eigenvalue weighted by molar-refractivity contribution is 7.98. The Morgan fingerprint density at radius 2 is 2.08 bits per heavy atom. The highest BCUT2D eigenvalue weighted by Gasteiger charge is 2.31. The third-order valence-electron chi connectivity index (χ3n) is 4.01. The number of rotatable bonds is 3. The molecule has 134 valence electrons. The molecule has 1 aromatic carbocycles. The summed E-state index contributed by atoms with van der Waals surface area (Å²) in [6.07, 6.45) is -2.27. The average Bonchev–Trinajstić information content (AvgIpc) is 2.54. The van der Waals surface area contributed by atoms with Crippen LogP contribution in [0.25, 0.3) is 0 Å². The quantitative estimate of drug-likeness (QED) is 0.510. The van der Waals surface area contributed by atoms with E-state index in [9.17, 15) is 22.4 Å². The fourth-order valence-electron chi connectivity index (χ4n) is 2.85. The predicted octanol–water partition coefficient (Wildman–Crippen LogP) is 3.21. The summed E-state index contributed by atoms with van der Waals surface area (Å²) in [5, 5.41) is 0.539. The van der Waals surface area contributed by atoms with Gasteiger partial charge in [0.25, 0.3) is 5.56 Å². The van der Waals surface area contributed by atoms with Gasteiger partial charge in [-0.1, -0.05) is 11.8 Å². The van der Waals surface area contributed by atoms with Crippen molar-refractivity contribution in [1.82, 2.24) is 14.9 Å². The van der Waals surface area contributed by atoms with Crippen LogP contribution in [0.3, 0.4) is 0 Å². The van der Waals surface area contributed by atoms with Gasteiger partial charge in [-0.15, -0.1) is 0 Å². The lowest BCUT2D eigenvalue weighted by Crippen LogP contribution is -2.35. The lowest BCUT2D eigenvalue weighted by Gasteiger charge is -2.27. The second kappa shape index (κ2) is 6.80. The number of hydrogen-bond donors (Lipinski definition) is 1. The smallest absolute Gasteiger partial charge is 0.301 e. The molecule has 25 heavy (non-hydrogen) atoms. The molecular formula is C16H15F4N3OS. The first-order chi connectivity index (χ1) is 11.8. The molecule has 0 aliphatic carbocycles. The van der Waals surface area contributed by atoms with Crippen LogP contribution in [-0.2, 0) is 25.7 Å². The summed E-state index contributed by atoms with van der Waals surface area (Å²) in [5.74, 6) is -0.925.